The maximum atomic E-state index is 13.9. The molecule has 2 amide bonds. The van der Waals surface area contributed by atoms with E-state index in [0.29, 0.717) is 34.4 Å². The van der Waals surface area contributed by atoms with Gasteiger partial charge in [0.05, 0.1) is 20.8 Å². The zero-order chi connectivity index (χ0) is 27.1. The maximum absolute atomic E-state index is 13.9. The highest BCUT2D eigenvalue weighted by molar-refractivity contribution is 7.15. The zero-order valence-electron chi connectivity index (χ0n) is 20.8. The number of likely N-dealkylation sites (tertiary alicyclic amines) is 1. The Kier molecular flexibility index (Phi) is 6.62. The van der Waals surface area contributed by atoms with E-state index in [0.717, 1.165) is 42.8 Å². The van der Waals surface area contributed by atoms with Gasteiger partial charge >= 0.3 is 6.18 Å². The van der Waals surface area contributed by atoms with Crippen molar-refractivity contribution in [2.45, 2.75) is 50.2 Å². The Balaban J connectivity index is 1.25. The van der Waals surface area contributed by atoms with Crippen LogP contribution >= 0.6 is 11.3 Å². The summed E-state index contributed by atoms with van der Waals surface area (Å²) in [6.07, 6.45) is -0.207. The fourth-order valence-electron chi connectivity index (χ4n) is 4.98. The summed E-state index contributed by atoms with van der Waals surface area (Å²) >= 11 is 1.30. The molecule has 0 radical (unpaired) electrons. The molecule has 0 bridgehead atoms. The van der Waals surface area contributed by atoms with E-state index < -0.39 is 17.6 Å². The van der Waals surface area contributed by atoms with Crippen molar-refractivity contribution in [1.29, 1.82) is 0 Å². The lowest BCUT2D eigenvalue weighted by Gasteiger charge is -2.35. The van der Waals surface area contributed by atoms with Crippen LogP contribution in [-0.2, 0) is 6.18 Å². The Labute approximate surface area is 226 Å². The number of thiazole rings is 1. The third-order valence-electron chi connectivity index (χ3n) is 7.20. The van der Waals surface area contributed by atoms with Gasteiger partial charge in [-0.25, -0.2) is 4.98 Å². The van der Waals surface area contributed by atoms with Crippen LogP contribution in [0.25, 0.3) is 21.4 Å². The highest BCUT2D eigenvalue weighted by Gasteiger charge is 2.36. The molecule has 0 spiro atoms. The second-order valence-corrected chi connectivity index (χ2v) is 11.0. The molecule has 1 N–H and O–H groups in total. The predicted molar refractivity (Wildman–Crippen MR) is 140 cm³/mol. The fourth-order valence-corrected chi connectivity index (χ4v) is 6.20. The standard InChI is InChI=1S/C28H25F3N4O3S/c29-28(30,31)18-7-5-6-17(14-18)24-23(33-26(39-24)16-11-12-16)27(37)35-13-4-3-8-19(35)15-32-25(36)22-20-9-1-2-10-21(20)38-34-22/h1-2,5-7,9-10,14,16,19H,3-4,8,11-13,15H2,(H,32,36)/t19-/m0/s1. The summed E-state index contributed by atoms with van der Waals surface area (Å²) in [6, 6.07) is 11.8. The van der Waals surface area contributed by atoms with Crippen molar-refractivity contribution < 1.29 is 27.3 Å². The number of carbonyl (C=O) groups is 2. The number of hydrogen-bond donors (Lipinski definition) is 1. The Morgan fingerprint density at radius 2 is 1.87 bits per heavy atom. The third kappa shape index (κ3) is 5.15. The zero-order valence-corrected chi connectivity index (χ0v) is 21.6. The Morgan fingerprint density at radius 1 is 1.05 bits per heavy atom. The normalized spacial score (nSPS) is 17.9. The first kappa shape index (κ1) is 25.5. The molecule has 2 aromatic heterocycles. The van der Waals surface area contributed by atoms with Gasteiger partial charge in [0.2, 0.25) is 0 Å². The van der Waals surface area contributed by atoms with E-state index >= 15 is 0 Å². The Morgan fingerprint density at radius 3 is 2.67 bits per heavy atom. The van der Waals surface area contributed by atoms with Gasteiger partial charge in [-0.15, -0.1) is 11.3 Å². The summed E-state index contributed by atoms with van der Waals surface area (Å²) in [6.45, 7) is 0.689. The van der Waals surface area contributed by atoms with Crippen molar-refractivity contribution in [3.8, 4) is 10.4 Å². The average Bonchev–Trinajstić information content (AvgIpc) is 3.54. The minimum Gasteiger partial charge on any atom is -0.355 e. The maximum Gasteiger partial charge on any atom is 0.416 e. The number of para-hydroxylation sites is 1. The van der Waals surface area contributed by atoms with Crippen LogP contribution in [0.15, 0.2) is 53.1 Å². The summed E-state index contributed by atoms with van der Waals surface area (Å²) in [5.41, 5.74) is 0.437. The van der Waals surface area contributed by atoms with Crippen molar-refractivity contribution in [2.24, 2.45) is 0 Å². The number of halogens is 3. The van der Waals surface area contributed by atoms with Crippen LogP contribution in [0.1, 0.15) is 69.6 Å². The molecule has 1 atom stereocenters. The number of aromatic nitrogens is 2. The summed E-state index contributed by atoms with van der Waals surface area (Å²) < 4.78 is 45.5. The molecule has 11 heteroatoms. The third-order valence-corrected chi connectivity index (χ3v) is 8.47. The molecule has 1 saturated carbocycles. The van der Waals surface area contributed by atoms with Crippen molar-refractivity contribution >= 4 is 34.1 Å². The number of carbonyl (C=O) groups excluding carboxylic acids is 2. The smallest absolute Gasteiger partial charge is 0.355 e. The lowest BCUT2D eigenvalue weighted by molar-refractivity contribution is -0.137. The first-order valence-corrected chi connectivity index (χ1v) is 13.7. The van der Waals surface area contributed by atoms with Gasteiger partial charge in [0.1, 0.15) is 5.69 Å². The largest absolute Gasteiger partial charge is 0.416 e. The SMILES string of the molecule is O=C(NC[C@@H]1CCCCN1C(=O)c1nc(C2CC2)sc1-c1cccc(C(F)(F)F)c1)c1noc2ccccc12. The average molecular weight is 555 g/mol. The molecule has 4 aromatic rings. The first-order valence-electron chi connectivity index (χ1n) is 12.9. The van der Waals surface area contributed by atoms with E-state index in [9.17, 15) is 22.8 Å². The quantitative estimate of drug-likeness (QED) is 0.303. The molecule has 202 valence electrons. The molecule has 6 rings (SSSR count). The second-order valence-electron chi connectivity index (χ2n) is 9.97. The highest BCUT2D eigenvalue weighted by atomic mass is 32.1. The molecule has 1 aliphatic carbocycles. The predicted octanol–water partition coefficient (Wildman–Crippen LogP) is 6.27. The number of hydrogen-bond acceptors (Lipinski definition) is 6. The number of rotatable bonds is 6. The number of alkyl halides is 3. The van der Waals surface area contributed by atoms with E-state index in [1.54, 1.807) is 35.2 Å². The number of nitrogens with one attached hydrogen (secondary N) is 1. The van der Waals surface area contributed by atoms with Gasteiger partial charge in [0.25, 0.3) is 11.8 Å². The number of piperidine rings is 1. The second kappa shape index (κ2) is 10.1. The van der Waals surface area contributed by atoms with E-state index in [4.69, 9.17) is 4.52 Å². The minimum atomic E-state index is -4.49. The monoisotopic (exact) mass is 554 g/mol. The summed E-state index contributed by atoms with van der Waals surface area (Å²) in [5, 5.41) is 8.17. The van der Waals surface area contributed by atoms with Crippen molar-refractivity contribution in [2.75, 3.05) is 13.1 Å². The van der Waals surface area contributed by atoms with Gasteiger partial charge in [-0.3, -0.25) is 9.59 Å². The van der Waals surface area contributed by atoms with E-state index in [1.807, 2.05) is 0 Å². The first-order chi connectivity index (χ1) is 18.8. The van der Waals surface area contributed by atoms with Crippen LogP contribution in [0.2, 0.25) is 0 Å². The van der Waals surface area contributed by atoms with Gasteiger partial charge < -0.3 is 14.7 Å². The molecule has 39 heavy (non-hydrogen) atoms. The van der Waals surface area contributed by atoms with Gasteiger partial charge in [0.15, 0.2) is 11.3 Å². The van der Waals surface area contributed by atoms with Crippen LogP contribution < -0.4 is 5.32 Å². The van der Waals surface area contributed by atoms with Crippen LogP contribution in [-0.4, -0.2) is 46.0 Å². The summed E-state index contributed by atoms with van der Waals surface area (Å²) in [5.74, 6) is -0.474. The molecule has 1 saturated heterocycles. The number of nitrogens with zero attached hydrogens (tertiary/aromatic N) is 3. The molecular weight excluding hydrogens is 529 g/mol. The van der Waals surface area contributed by atoms with Crippen LogP contribution in [0, 0.1) is 0 Å². The lowest BCUT2D eigenvalue weighted by Crippen LogP contribution is -2.49. The molecule has 2 aromatic carbocycles. The Hall–Kier alpha value is -3.73. The summed E-state index contributed by atoms with van der Waals surface area (Å²) in [7, 11) is 0. The van der Waals surface area contributed by atoms with Crippen molar-refractivity contribution in [3.63, 3.8) is 0 Å². The van der Waals surface area contributed by atoms with Gasteiger partial charge in [-0.05, 0) is 61.9 Å². The molecule has 7 nitrogen and oxygen atoms in total. The van der Waals surface area contributed by atoms with Crippen molar-refractivity contribution in [3.05, 3.63) is 70.5 Å². The van der Waals surface area contributed by atoms with E-state index in [2.05, 4.69) is 15.5 Å². The van der Waals surface area contributed by atoms with Crippen LogP contribution in [0.3, 0.4) is 0 Å². The molecule has 2 fully saturated rings. The molecule has 0 unspecified atom stereocenters. The van der Waals surface area contributed by atoms with Crippen LogP contribution in [0.5, 0.6) is 0 Å². The topological polar surface area (TPSA) is 88.3 Å². The number of fused-ring (bicyclic) bond motifs is 1. The van der Waals surface area contributed by atoms with Gasteiger partial charge in [-0.2, -0.15) is 13.2 Å². The Bertz CT molecular complexity index is 1540. The minimum absolute atomic E-state index is 0.180. The van der Waals surface area contributed by atoms with Crippen LogP contribution in [0.4, 0.5) is 13.2 Å². The highest BCUT2D eigenvalue weighted by Crippen LogP contribution is 2.45. The van der Waals surface area contributed by atoms with Gasteiger partial charge in [-0.1, -0.05) is 29.4 Å². The number of benzene rings is 2. The molecular formula is C28H25F3N4O3S. The van der Waals surface area contributed by atoms with Crippen molar-refractivity contribution in [1.82, 2.24) is 20.4 Å². The fraction of sp³-hybridized carbons (Fsp3) is 0.357. The van der Waals surface area contributed by atoms with E-state index in [-0.39, 0.29) is 35.8 Å². The number of amides is 2. The lowest BCUT2D eigenvalue weighted by atomic mass is 10.0. The molecule has 3 heterocycles. The molecule has 1 aliphatic heterocycles. The summed E-state index contributed by atoms with van der Waals surface area (Å²) in [4.78, 5) is 33.6. The van der Waals surface area contributed by atoms with E-state index in [1.165, 1.54) is 17.4 Å². The molecule has 2 aliphatic rings. The van der Waals surface area contributed by atoms with Gasteiger partial charge in [0, 0.05) is 25.0 Å².